The van der Waals surface area contributed by atoms with Crippen LogP contribution in [0.15, 0.2) is 36.5 Å². The van der Waals surface area contributed by atoms with Gasteiger partial charge in [0.15, 0.2) is 0 Å². The van der Waals surface area contributed by atoms with Crippen LogP contribution < -0.4 is 5.32 Å². The van der Waals surface area contributed by atoms with E-state index in [9.17, 15) is 0 Å². The SMILES string of the molecule is CCN(CC)CCC(NC)c1cccc2ncccc12. The van der Waals surface area contributed by atoms with Crippen molar-refractivity contribution in [3.8, 4) is 0 Å². The first-order valence-corrected chi connectivity index (χ1v) is 7.53. The summed E-state index contributed by atoms with van der Waals surface area (Å²) in [6.07, 6.45) is 2.97. The van der Waals surface area contributed by atoms with Crippen molar-refractivity contribution in [1.29, 1.82) is 0 Å². The van der Waals surface area contributed by atoms with Crippen LogP contribution in [0.25, 0.3) is 10.9 Å². The van der Waals surface area contributed by atoms with Crippen molar-refractivity contribution in [3.05, 3.63) is 42.1 Å². The van der Waals surface area contributed by atoms with Crippen molar-refractivity contribution in [3.63, 3.8) is 0 Å². The topological polar surface area (TPSA) is 28.2 Å². The van der Waals surface area contributed by atoms with Crippen molar-refractivity contribution in [2.45, 2.75) is 26.3 Å². The van der Waals surface area contributed by atoms with Crippen LogP contribution in [-0.4, -0.2) is 36.6 Å². The van der Waals surface area contributed by atoms with E-state index in [1.54, 1.807) is 0 Å². The standard InChI is InChI=1S/C17H25N3/c1-4-20(5-2)13-11-16(18-3)14-8-6-10-17-15(14)9-7-12-19-17/h6-10,12,16,18H,4-5,11,13H2,1-3H3. The number of nitrogens with one attached hydrogen (secondary N) is 1. The summed E-state index contributed by atoms with van der Waals surface area (Å²) in [7, 11) is 2.04. The average Bonchev–Trinajstić information content (AvgIpc) is 2.51. The lowest BCUT2D eigenvalue weighted by molar-refractivity contribution is 0.285. The smallest absolute Gasteiger partial charge is 0.0705 e. The lowest BCUT2D eigenvalue weighted by Crippen LogP contribution is -2.28. The highest BCUT2D eigenvalue weighted by Gasteiger charge is 2.13. The molecule has 0 fully saturated rings. The molecule has 1 N–H and O–H groups in total. The summed E-state index contributed by atoms with van der Waals surface area (Å²) >= 11 is 0. The molecule has 2 aromatic rings. The quantitative estimate of drug-likeness (QED) is 0.838. The fraction of sp³-hybridized carbons (Fsp3) is 0.471. The monoisotopic (exact) mass is 271 g/mol. The lowest BCUT2D eigenvalue weighted by Gasteiger charge is -2.23. The number of pyridine rings is 1. The molecule has 20 heavy (non-hydrogen) atoms. The Labute approximate surface area is 122 Å². The molecular weight excluding hydrogens is 246 g/mol. The van der Waals surface area contributed by atoms with E-state index >= 15 is 0 Å². The van der Waals surface area contributed by atoms with Gasteiger partial charge in [-0.25, -0.2) is 0 Å². The Morgan fingerprint density at radius 2 is 1.95 bits per heavy atom. The third-order valence-corrected chi connectivity index (χ3v) is 4.03. The number of fused-ring (bicyclic) bond motifs is 1. The van der Waals surface area contributed by atoms with Crippen molar-refractivity contribution in [2.24, 2.45) is 0 Å². The molecule has 3 heteroatoms. The van der Waals surface area contributed by atoms with Gasteiger partial charge in [0.2, 0.25) is 0 Å². The van der Waals surface area contributed by atoms with Crippen molar-refractivity contribution < 1.29 is 0 Å². The molecule has 2 rings (SSSR count). The molecule has 0 aliphatic heterocycles. The van der Waals surface area contributed by atoms with E-state index in [1.807, 2.05) is 19.3 Å². The van der Waals surface area contributed by atoms with Gasteiger partial charge in [-0.1, -0.05) is 32.0 Å². The molecule has 1 heterocycles. The number of rotatable bonds is 7. The minimum Gasteiger partial charge on any atom is -0.313 e. The molecule has 0 aliphatic carbocycles. The second kappa shape index (κ2) is 7.36. The van der Waals surface area contributed by atoms with E-state index in [4.69, 9.17) is 0 Å². The van der Waals surface area contributed by atoms with Crippen molar-refractivity contribution >= 4 is 10.9 Å². The Balaban J connectivity index is 2.21. The second-order valence-corrected chi connectivity index (χ2v) is 5.07. The predicted octanol–water partition coefficient (Wildman–Crippen LogP) is 3.23. The zero-order valence-electron chi connectivity index (χ0n) is 12.8. The molecule has 1 aromatic carbocycles. The van der Waals surface area contributed by atoms with Gasteiger partial charge in [0.05, 0.1) is 5.52 Å². The van der Waals surface area contributed by atoms with Crippen LogP contribution in [0.1, 0.15) is 31.9 Å². The van der Waals surface area contributed by atoms with Gasteiger partial charge < -0.3 is 10.2 Å². The Hall–Kier alpha value is -1.45. The van der Waals surface area contributed by atoms with Gasteiger partial charge in [-0.2, -0.15) is 0 Å². The van der Waals surface area contributed by atoms with E-state index in [-0.39, 0.29) is 0 Å². The largest absolute Gasteiger partial charge is 0.313 e. The number of benzene rings is 1. The lowest BCUT2D eigenvalue weighted by atomic mass is 9.98. The first-order chi connectivity index (χ1) is 9.80. The highest BCUT2D eigenvalue weighted by molar-refractivity contribution is 5.82. The van der Waals surface area contributed by atoms with Gasteiger partial charge in [-0.3, -0.25) is 4.98 Å². The van der Waals surface area contributed by atoms with E-state index in [2.05, 4.69) is 53.3 Å². The summed E-state index contributed by atoms with van der Waals surface area (Å²) in [5, 5.41) is 4.72. The third-order valence-electron chi connectivity index (χ3n) is 4.03. The van der Waals surface area contributed by atoms with Gasteiger partial charge in [0.25, 0.3) is 0 Å². The van der Waals surface area contributed by atoms with Crippen LogP contribution in [0.5, 0.6) is 0 Å². The van der Waals surface area contributed by atoms with Gasteiger partial charge in [0.1, 0.15) is 0 Å². The van der Waals surface area contributed by atoms with Crippen molar-refractivity contribution in [1.82, 2.24) is 15.2 Å². The molecule has 3 nitrogen and oxygen atoms in total. The molecule has 1 unspecified atom stereocenters. The Morgan fingerprint density at radius 1 is 1.15 bits per heavy atom. The fourth-order valence-corrected chi connectivity index (χ4v) is 2.74. The first-order valence-electron chi connectivity index (χ1n) is 7.53. The van der Waals surface area contributed by atoms with E-state index in [1.165, 1.54) is 10.9 Å². The summed E-state index contributed by atoms with van der Waals surface area (Å²) < 4.78 is 0. The zero-order valence-corrected chi connectivity index (χ0v) is 12.8. The second-order valence-electron chi connectivity index (χ2n) is 5.07. The zero-order chi connectivity index (χ0) is 14.4. The summed E-state index contributed by atoms with van der Waals surface area (Å²) in [5.41, 5.74) is 2.43. The highest BCUT2D eigenvalue weighted by atomic mass is 15.1. The molecule has 0 amide bonds. The maximum Gasteiger partial charge on any atom is 0.0705 e. The Morgan fingerprint density at radius 3 is 2.65 bits per heavy atom. The van der Waals surface area contributed by atoms with Crippen LogP contribution in [0.2, 0.25) is 0 Å². The minimum absolute atomic E-state index is 0.378. The summed E-state index contributed by atoms with van der Waals surface area (Å²) in [6.45, 7) is 7.79. The first kappa shape index (κ1) is 14.9. The Kier molecular flexibility index (Phi) is 5.50. The van der Waals surface area contributed by atoms with E-state index < -0.39 is 0 Å². The molecule has 0 bridgehead atoms. The van der Waals surface area contributed by atoms with E-state index in [0.717, 1.165) is 31.6 Å². The van der Waals surface area contributed by atoms with Crippen LogP contribution in [0.3, 0.4) is 0 Å². The number of hydrogen-bond acceptors (Lipinski definition) is 3. The van der Waals surface area contributed by atoms with Gasteiger partial charge in [0, 0.05) is 17.6 Å². The fourth-order valence-electron chi connectivity index (χ4n) is 2.74. The maximum atomic E-state index is 4.45. The molecule has 0 aliphatic rings. The summed E-state index contributed by atoms with van der Waals surface area (Å²) in [6, 6.07) is 11.0. The van der Waals surface area contributed by atoms with Crippen molar-refractivity contribution in [2.75, 3.05) is 26.7 Å². The molecule has 1 aromatic heterocycles. The van der Waals surface area contributed by atoms with Crippen LogP contribution in [0.4, 0.5) is 0 Å². The van der Waals surface area contributed by atoms with Gasteiger partial charge in [-0.05, 0) is 50.8 Å². The minimum atomic E-state index is 0.378. The highest BCUT2D eigenvalue weighted by Crippen LogP contribution is 2.25. The summed E-state index contributed by atoms with van der Waals surface area (Å²) in [4.78, 5) is 6.91. The average molecular weight is 271 g/mol. The summed E-state index contributed by atoms with van der Waals surface area (Å²) in [5.74, 6) is 0. The number of aromatic nitrogens is 1. The Bertz CT molecular complexity index is 529. The van der Waals surface area contributed by atoms with Crippen LogP contribution in [-0.2, 0) is 0 Å². The number of nitrogens with zero attached hydrogens (tertiary/aromatic N) is 2. The molecule has 0 saturated heterocycles. The molecule has 0 saturated carbocycles. The normalized spacial score (nSPS) is 13.0. The van der Waals surface area contributed by atoms with Gasteiger partial charge >= 0.3 is 0 Å². The third kappa shape index (κ3) is 3.35. The molecular formula is C17H25N3. The predicted molar refractivity (Wildman–Crippen MR) is 85.9 cm³/mol. The molecule has 1 atom stereocenters. The van der Waals surface area contributed by atoms with Crippen LogP contribution in [0, 0.1) is 0 Å². The maximum absolute atomic E-state index is 4.45. The van der Waals surface area contributed by atoms with Gasteiger partial charge in [-0.15, -0.1) is 0 Å². The molecule has 0 spiro atoms. The number of hydrogen-bond donors (Lipinski definition) is 1. The van der Waals surface area contributed by atoms with Crippen LogP contribution >= 0.6 is 0 Å². The molecule has 108 valence electrons. The van der Waals surface area contributed by atoms with E-state index in [0.29, 0.717) is 6.04 Å². The molecule has 0 radical (unpaired) electrons.